The molecule has 1 heterocycles. The third kappa shape index (κ3) is 2.43. The lowest BCUT2D eigenvalue weighted by atomic mass is 10.1. The minimum atomic E-state index is -0.419. The Kier molecular flexibility index (Phi) is 3.08. The van der Waals surface area contributed by atoms with Gasteiger partial charge in [0.25, 0.3) is 5.69 Å². The zero-order chi connectivity index (χ0) is 12.4. The van der Waals surface area contributed by atoms with Crippen molar-refractivity contribution in [1.82, 2.24) is 0 Å². The standard InChI is InChI=1S/C12H14N2O3/c1-8(2)11-7-17-12(13-11)9-3-5-10(6-4-9)14(15)16/h3-6,8,11H,7H2,1-2H3. The molecule has 0 aromatic heterocycles. The summed E-state index contributed by atoms with van der Waals surface area (Å²) in [6.45, 7) is 4.77. The molecule has 1 unspecified atom stereocenters. The summed E-state index contributed by atoms with van der Waals surface area (Å²) in [4.78, 5) is 14.6. The van der Waals surface area contributed by atoms with Crippen molar-refractivity contribution in [3.63, 3.8) is 0 Å². The molecule has 2 rings (SSSR count). The summed E-state index contributed by atoms with van der Waals surface area (Å²) in [5.74, 6) is 1.02. The summed E-state index contributed by atoms with van der Waals surface area (Å²) in [5, 5.41) is 10.5. The molecule has 0 aliphatic carbocycles. The second-order valence-corrected chi connectivity index (χ2v) is 4.36. The number of benzene rings is 1. The van der Waals surface area contributed by atoms with Gasteiger partial charge in [-0.05, 0) is 18.1 Å². The zero-order valence-electron chi connectivity index (χ0n) is 9.79. The maximum absolute atomic E-state index is 10.5. The molecule has 1 aromatic rings. The van der Waals surface area contributed by atoms with Crippen molar-refractivity contribution in [1.29, 1.82) is 0 Å². The van der Waals surface area contributed by atoms with Crippen LogP contribution in [0, 0.1) is 16.0 Å². The molecule has 0 bridgehead atoms. The Morgan fingerprint density at radius 3 is 2.53 bits per heavy atom. The van der Waals surface area contributed by atoms with Crippen molar-refractivity contribution in [3.05, 3.63) is 39.9 Å². The van der Waals surface area contributed by atoms with Gasteiger partial charge in [0.05, 0.1) is 11.0 Å². The van der Waals surface area contributed by atoms with Gasteiger partial charge in [-0.15, -0.1) is 0 Å². The van der Waals surface area contributed by atoms with E-state index in [1.807, 2.05) is 0 Å². The van der Waals surface area contributed by atoms with Gasteiger partial charge in [0.2, 0.25) is 5.90 Å². The van der Waals surface area contributed by atoms with Gasteiger partial charge in [-0.25, -0.2) is 4.99 Å². The van der Waals surface area contributed by atoms with Gasteiger partial charge in [0.1, 0.15) is 6.61 Å². The molecule has 1 aliphatic heterocycles. The van der Waals surface area contributed by atoms with E-state index in [-0.39, 0.29) is 11.7 Å². The van der Waals surface area contributed by atoms with E-state index in [0.29, 0.717) is 18.4 Å². The van der Waals surface area contributed by atoms with Crippen molar-refractivity contribution in [2.24, 2.45) is 10.9 Å². The number of nitro groups is 1. The Morgan fingerprint density at radius 1 is 1.41 bits per heavy atom. The molecule has 0 radical (unpaired) electrons. The van der Waals surface area contributed by atoms with Crippen molar-refractivity contribution in [2.45, 2.75) is 19.9 Å². The first-order chi connectivity index (χ1) is 8.08. The number of ether oxygens (including phenoxy) is 1. The highest BCUT2D eigenvalue weighted by Gasteiger charge is 2.22. The van der Waals surface area contributed by atoms with Crippen LogP contribution in [-0.4, -0.2) is 23.5 Å². The largest absolute Gasteiger partial charge is 0.475 e. The molecule has 0 fully saturated rings. The number of rotatable bonds is 3. The highest BCUT2D eigenvalue weighted by molar-refractivity contribution is 5.95. The first kappa shape index (κ1) is 11.6. The molecular weight excluding hydrogens is 220 g/mol. The molecule has 0 saturated carbocycles. The second-order valence-electron chi connectivity index (χ2n) is 4.36. The van der Waals surface area contributed by atoms with Crippen LogP contribution in [0.15, 0.2) is 29.3 Å². The van der Waals surface area contributed by atoms with E-state index < -0.39 is 4.92 Å². The summed E-state index contributed by atoms with van der Waals surface area (Å²) in [6.07, 6.45) is 0. The molecule has 0 spiro atoms. The van der Waals surface area contributed by atoms with E-state index in [4.69, 9.17) is 4.74 Å². The maximum Gasteiger partial charge on any atom is 0.269 e. The van der Waals surface area contributed by atoms with Crippen molar-refractivity contribution >= 4 is 11.6 Å². The Morgan fingerprint density at radius 2 is 2.06 bits per heavy atom. The van der Waals surface area contributed by atoms with Crippen LogP contribution in [0.3, 0.4) is 0 Å². The van der Waals surface area contributed by atoms with Gasteiger partial charge in [0.15, 0.2) is 0 Å². The molecular formula is C12H14N2O3. The van der Waals surface area contributed by atoms with Crippen molar-refractivity contribution in [3.8, 4) is 0 Å². The SMILES string of the molecule is CC(C)C1COC(c2ccc([N+](=O)[O-])cc2)=N1. The highest BCUT2D eigenvalue weighted by Crippen LogP contribution is 2.19. The molecule has 0 saturated heterocycles. The van der Waals surface area contributed by atoms with Crippen molar-refractivity contribution in [2.75, 3.05) is 6.61 Å². The monoisotopic (exact) mass is 234 g/mol. The second kappa shape index (κ2) is 4.53. The highest BCUT2D eigenvalue weighted by atomic mass is 16.6. The Balaban J connectivity index is 2.19. The van der Waals surface area contributed by atoms with E-state index in [9.17, 15) is 10.1 Å². The van der Waals surface area contributed by atoms with Gasteiger partial charge in [-0.3, -0.25) is 10.1 Å². The van der Waals surface area contributed by atoms with Crippen LogP contribution < -0.4 is 0 Å². The van der Waals surface area contributed by atoms with Crippen LogP contribution in [0.5, 0.6) is 0 Å². The quantitative estimate of drug-likeness (QED) is 0.595. The summed E-state index contributed by atoms with van der Waals surface area (Å²) in [5.41, 5.74) is 0.867. The smallest absolute Gasteiger partial charge is 0.269 e. The van der Waals surface area contributed by atoms with Crippen LogP contribution in [0.25, 0.3) is 0 Å². The van der Waals surface area contributed by atoms with Crippen molar-refractivity contribution < 1.29 is 9.66 Å². The summed E-state index contributed by atoms with van der Waals surface area (Å²) < 4.78 is 5.49. The average Bonchev–Trinajstić information content (AvgIpc) is 2.78. The third-order valence-corrected chi connectivity index (χ3v) is 2.77. The topological polar surface area (TPSA) is 64.7 Å². The average molecular weight is 234 g/mol. The summed E-state index contributed by atoms with van der Waals surface area (Å²) >= 11 is 0. The first-order valence-electron chi connectivity index (χ1n) is 5.53. The molecule has 1 atom stereocenters. The van der Waals surface area contributed by atoms with Gasteiger partial charge in [-0.2, -0.15) is 0 Å². The fourth-order valence-corrected chi connectivity index (χ4v) is 1.61. The van der Waals surface area contributed by atoms with E-state index in [1.54, 1.807) is 12.1 Å². The number of hydrogen-bond donors (Lipinski definition) is 0. The molecule has 90 valence electrons. The lowest BCUT2D eigenvalue weighted by Gasteiger charge is -2.06. The zero-order valence-corrected chi connectivity index (χ0v) is 9.79. The molecule has 1 aromatic carbocycles. The van der Waals surface area contributed by atoms with Gasteiger partial charge in [-0.1, -0.05) is 13.8 Å². The van der Waals surface area contributed by atoms with Gasteiger partial charge in [0, 0.05) is 17.7 Å². The molecule has 5 heteroatoms. The normalized spacial score (nSPS) is 19.0. The van der Waals surface area contributed by atoms with E-state index >= 15 is 0 Å². The predicted octanol–water partition coefficient (Wildman–Crippen LogP) is 2.40. The van der Waals surface area contributed by atoms with E-state index in [0.717, 1.165) is 5.56 Å². The summed E-state index contributed by atoms with van der Waals surface area (Å²) in [7, 11) is 0. The number of hydrogen-bond acceptors (Lipinski definition) is 4. The lowest BCUT2D eigenvalue weighted by molar-refractivity contribution is -0.384. The van der Waals surface area contributed by atoms with Gasteiger partial charge < -0.3 is 4.74 Å². The third-order valence-electron chi connectivity index (χ3n) is 2.77. The van der Waals surface area contributed by atoms with Crippen LogP contribution >= 0.6 is 0 Å². The lowest BCUT2D eigenvalue weighted by Crippen LogP contribution is -2.13. The van der Waals surface area contributed by atoms with E-state index in [2.05, 4.69) is 18.8 Å². The fourth-order valence-electron chi connectivity index (χ4n) is 1.61. The molecule has 17 heavy (non-hydrogen) atoms. The number of aliphatic imine (C=N–C) groups is 1. The Bertz CT molecular complexity index is 451. The number of nitrogens with zero attached hydrogens (tertiary/aromatic N) is 2. The molecule has 1 aliphatic rings. The van der Waals surface area contributed by atoms with Crippen LogP contribution in [0.4, 0.5) is 5.69 Å². The predicted molar refractivity (Wildman–Crippen MR) is 64.2 cm³/mol. The van der Waals surface area contributed by atoms with Gasteiger partial charge >= 0.3 is 0 Å². The first-order valence-corrected chi connectivity index (χ1v) is 5.53. The Hall–Kier alpha value is -1.91. The van der Waals surface area contributed by atoms with Crippen LogP contribution in [-0.2, 0) is 4.74 Å². The minimum absolute atomic E-state index is 0.0766. The molecule has 0 N–H and O–H groups in total. The number of nitro benzene ring substituents is 1. The maximum atomic E-state index is 10.5. The van der Waals surface area contributed by atoms with E-state index in [1.165, 1.54) is 12.1 Å². The Labute approximate surface area is 99.3 Å². The van der Waals surface area contributed by atoms with Crippen LogP contribution in [0.2, 0.25) is 0 Å². The number of non-ortho nitro benzene ring substituents is 1. The fraction of sp³-hybridized carbons (Fsp3) is 0.417. The minimum Gasteiger partial charge on any atom is -0.475 e. The molecule has 5 nitrogen and oxygen atoms in total. The summed E-state index contributed by atoms with van der Waals surface area (Å²) in [6, 6.07) is 6.44. The van der Waals surface area contributed by atoms with Crippen LogP contribution in [0.1, 0.15) is 19.4 Å². The molecule has 0 amide bonds.